The van der Waals surface area contributed by atoms with Crippen LogP contribution >= 0.6 is 0 Å². The Morgan fingerprint density at radius 1 is 1.18 bits per heavy atom. The number of halogens is 1. The molecule has 1 fully saturated rings. The average molecular weight is 367 g/mol. The zero-order chi connectivity index (χ0) is 16.1. The van der Waals surface area contributed by atoms with Gasteiger partial charge in [0.15, 0.2) is 0 Å². The van der Waals surface area contributed by atoms with Gasteiger partial charge < -0.3 is 0 Å². The zero-order valence-electron chi connectivity index (χ0n) is 13.0. The molecule has 1 aliphatic heterocycles. The third-order valence-corrected chi connectivity index (χ3v) is 4.79. The van der Waals surface area contributed by atoms with E-state index in [1.807, 2.05) is 11.9 Å². The van der Waals surface area contributed by atoms with Crippen LogP contribution in [0.4, 0.5) is 4.39 Å². The van der Waals surface area contributed by atoms with Crippen molar-refractivity contribution in [1.29, 1.82) is 0 Å². The first-order valence-corrected chi connectivity index (χ1v) is 8.47. The van der Waals surface area contributed by atoms with E-state index >= 15 is 0 Å². The first-order chi connectivity index (χ1) is 10.5. The molecule has 1 aliphatic rings. The van der Waals surface area contributed by atoms with Crippen LogP contribution in [-0.2, 0) is 4.79 Å². The van der Waals surface area contributed by atoms with E-state index in [2.05, 4.69) is 22.5 Å². The molecule has 0 saturated carbocycles. The predicted octanol–water partition coefficient (Wildman–Crippen LogP) is 2.78. The van der Waals surface area contributed by atoms with Gasteiger partial charge in [0.1, 0.15) is 0 Å². The summed E-state index contributed by atoms with van der Waals surface area (Å²) < 4.78 is 13.8. The SMILES string of the molecule is CCCCCCN1C(=O)C(=Cc2ccc(F)cc2)N(C)C1=[Se]. The topological polar surface area (TPSA) is 23.6 Å². The number of carbonyl (C=O) groups is 1. The molecule has 0 radical (unpaired) electrons. The molecule has 0 bridgehead atoms. The summed E-state index contributed by atoms with van der Waals surface area (Å²) in [7, 11) is 1.87. The van der Waals surface area contributed by atoms with Crippen LogP contribution in [0.1, 0.15) is 38.2 Å². The van der Waals surface area contributed by atoms with Gasteiger partial charge in [0.05, 0.1) is 0 Å². The molecule has 0 atom stereocenters. The van der Waals surface area contributed by atoms with Gasteiger partial charge >= 0.3 is 139 Å². The number of carbonyl (C=O) groups excluding carboxylic acids is 1. The van der Waals surface area contributed by atoms with Gasteiger partial charge in [0.25, 0.3) is 0 Å². The number of rotatable bonds is 6. The van der Waals surface area contributed by atoms with Gasteiger partial charge in [-0.1, -0.05) is 0 Å². The molecule has 2 rings (SSSR count). The van der Waals surface area contributed by atoms with Crippen molar-refractivity contribution in [2.24, 2.45) is 0 Å². The number of hydrogen-bond acceptors (Lipinski definition) is 2. The van der Waals surface area contributed by atoms with Crippen LogP contribution in [0.5, 0.6) is 0 Å². The molecule has 1 aromatic rings. The van der Waals surface area contributed by atoms with Gasteiger partial charge in [0, 0.05) is 0 Å². The number of unbranched alkanes of at least 4 members (excludes halogenated alkanes) is 3. The van der Waals surface area contributed by atoms with E-state index in [9.17, 15) is 9.18 Å². The Labute approximate surface area is 139 Å². The molecule has 5 heteroatoms. The Kier molecular flexibility index (Phi) is 5.92. The van der Waals surface area contributed by atoms with Crippen molar-refractivity contribution in [3.63, 3.8) is 0 Å². The van der Waals surface area contributed by atoms with Crippen LogP contribution < -0.4 is 0 Å². The molecular formula is C17H21FN2OSe. The van der Waals surface area contributed by atoms with E-state index in [1.165, 1.54) is 25.0 Å². The summed E-state index contributed by atoms with van der Waals surface area (Å²) in [6, 6.07) is 6.15. The molecule has 0 aromatic heterocycles. The molecule has 3 nitrogen and oxygen atoms in total. The molecule has 0 N–H and O–H groups in total. The van der Waals surface area contributed by atoms with Crippen LogP contribution in [0.3, 0.4) is 0 Å². The average Bonchev–Trinajstić information content (AvgIpc) is 2.71. The second-order valence-corrected chi connectivity index (χ2v) is 6.21. The maximum atomic E-state index is 13.0. The van der Waals surface area contributed by atoms with Crippen molar-refractivity contribution in [1.82, 2.24) is 9.80 Å². The van der Waals surface area contributed by atoms with E-state index in [0.717, 1.165) is 29.6 Å². The van der Waals surface area contributed by atoms with Gasteiger partial charge in [-0.2, -0.15) is 0 Å². The van der Waals surface area contributed by atoms with Gasteiger partial charge in [-0.25, -0.2) is 0 Å². The van der Waals surface area contributed by atoms with Gasteiger partial charge in [-0.05, 0) is 0 Å². The van der Waals surface area contributed by atoms with Crippen molar-refractivity contribution in [2.75, 3.05) is 13.6 Å². The molecule has 1 amide bonds. The number of amides is 1. The molecule has 1 saturated heterocycles. The molecule has 1 aromatic carbocycles. The van der Waals surface area contributed by atoms with E-state index < -0.39 is 0 Å². The van der Waals surface area contributed by atoms with Gasteiger partial charge in [-0.15, -0.1) is 0 Å². The van der Waals surface area contributed by atoms with E-state index in [1.54, 1.807) is 23.1 Å². The number of hydrogen-bond donors (Lipinski definition) is 0. The predicted molar refractivity (Wildman–Crippen MR) is 88.8 cm³/mol. The summed E-state index contributed by atoms with van der Waals surface area (Å²) >= 11 is 2.98. The van der Waals surface area contributed by atoms with Crippen LogP contribution in [0.2, 0.25) is 0 Å². The molecule has 22 heavy (non-hydrogen) atoms. The molecular weight excluding hydrogens is 346 g/mol. The minimum atomic E-state index is -0.276. The third-order valence-electron chi connectivity index (χ3n) is 3.75. The number of nitrogens with zero attached hydrogens (tertiary/aromatic N) is 2. The normalized spacial score (nSPS) is 17.0. The Morgan fingerprint density at radius 2 is 1.86 bits per heavy atom. The maximum absolute atomic E-state index is 13.0. The Morgan fingerprint density at radius 3 is 2.50 bits per heavy atom. The van der Waals surface area contributed by atoms with Crippen molar-refractivity contribution < 1.29 is 9.18 Å². The summed E-state index contributed by atoms with van der Waals surface area (Å²) in [6.07, 6.45) is 6.30. The van der Waals surface area contributed by atoms with E-state index in [-0.39, 0.29) is 11.7 Å². The number of likely N-dealkylation sites (N-methyl/N-ethyl adjacent to an activating group) is 1. The first kappa shape index (κ1) is 16.9. The van der Waals surface area contributed by atoms with Gasteiger partial charge in [-0.3, -0.25) is 0 Å². The summed E-state index contributed by atoms with van der Waals surface area (Å²) in [6.45, 7) is 2.90. The monoisotopic (exact) mass is 368 g/mol. The summed E-state index contributed by atoms with van der Waals surface area (Å²) in [5.74, 6) is -0.279. The minimum absolute atomic E-state index is 0.00271. The summed E-state index contributed by atoms with van der Waals surface area (Å²) in [4.78, 5) is 16.2. The summed E-state index contributed by atoms with van der Waals surface area (Å²) in [5.41, 5.74) is 1.42. The Hall–Kier alpha value is -1.45. The second-order valence-electron chi connectivity index (χ2n) is 5.44. The fraction of sp³-hybridized carbons (Fsp3) is 0.412. The van der Waals surface area contributed by atoms with Crippen molar-refractivity contribution in [3.05, 3.63) is 41.3 Å². The second kappa shape index (κ2) is 7.70. The Bertz CT molecular complexity index is 583. The summed E-state index contributed by atoms with van der Waals surface area (Å²) in [5, 5.41) is 0. The molecule has 0 aliphatic carbocycles. The van der Waals surface area contributed by atoms with Crippen LogP contribution in [0.15, 0.2) is 30.0 Å². The first-order valence-electron chi connectivity index (χ1n) is 7.61. The van der Waals surface area contributed by atoms with Crippen molar-refractivity contribution in [3.8, 4) is 0 Å². The van der Waals surface area contributed by atoms with Crippen LogP contribution in [0.25, 0.3) is 6.08 Å². The zero-order valence-corrected chi connectivity index (χ0v) is 14.7. The fourth-order valence-electron chi connectivity index (χ4n) is 2.42. The third kappa shape index (κ3) is 3.84. The Balaban J connectivity index is 2.11. The molecule has 0 unspecified atom stereocenters. The van der Waals surface area contributed by atoms with E-state index in [4.69, 9.17) is 0 Å². The quantitative estimate of drug-likeness (QED) is 0.439. The van der Waals surface area contributed by atoms with Crippen LogP contribution in [0, 0.1) is 5.82 Å². The van der Waals surface area contributed by atoms with Crippen molar-refractivity contribution >= 4 is 32.2 Å². The van der Waals surface area contributed by atoms with Crippen molar-refractivity contribution in [2.45, 2.75) is 32.6 Å². The molecule has 118 valence electrons. The molecule has 0 spiro atoms. The van der Waals surface area contributed by atoms with Gasteiger partial charge in [0.2, 0.25) is 0 Å². The van der Waals surface area contributed by atoms with Crippen LogP contribution in [-0.4, -0.2) is 49.5 Å². The molecule has 1 heterocycles. The van der Waals surface area contributed by atoms with E-state index in [0.29, 0.717) is 5.70 Å². The number of benzene rings is 1. The fourth-order valence-corrected chi connectivity index (χ4v) is 2.99. The standard InChI is InChI=1S/C17H21FN2OSe/c1-3-4-5-6-11-20-16(21)15(19(2)17(20)22)12-13-7-9-14(18)10-8-13/h7-10,12H,3-6,11H2,1-2H3.